The standard InChI is InChI=1S/C18H21N3O2/c1-4-15-13-9-11(18(22)23-5-2)10-20-16(13)12-7-6-8-14(19)17(12)21(15)3/h6-10,15H,4-5,19H2,1-3H3. The Labute approximate surface area is 136 Å². The van der Waals surface area contributed by atoms with Crippen molar-refractivity contribution in [2.24, 2.45) is 0 Å². The molecule has 0 fully saturated rings. The zero-order valence-corrected chi connectivity index (χ0v) is 13.7. The topological polar surface area (TPSA) is 68.5 Å². The number of fused-ring (bicyclic) bond motifs is 3. The summed E-state index contributed by atoms with van der Waals surface area (Å²) in [5, 5.41) is 0. The Bertz CT molecular complexity index is 758. The van der Waals surface area contributed by atoms with Gasteiger partial charge in [0, 0.05) is 24.4 Å². The third-order valence-corrected chi connectivity index (χ3v) is 4.32. The van der Waals surface area contributed by atoms with E-state index in [0.717, 1.165) is 34.6 Å². The van der Waals surface area contributed by atoms with Gasteiger partial charge in [-0.2, -0.15) is 0 Å². The smallest absolute Gasteiger partial charge is 0.339 e. The van der Waals surface area contributed by atoms with E-state index < -0.39 is 0 Å². The van der Waals surface area contributed by atoms with Crippen molar-refractivity contribution in [1.82, 2.24) is 4.98 Å². The number of benzene rings is 1. The lowest BCUT2D eigenvalue weighted by Crippen LogP contribution is -2.29. The molecule has 3 rings (SSSR count). The van der Waals surface area contributed by atoms with Gasteiger partial charge in [0.25, 0.3) is 0 Å². The van der Waals surface area contributed by atoms with E-state index in [0.29, 0.717) is 12.2 Å². The molecule has 120 valence electrons. The maximum atomic E-state index is 12.0. The molecule has 5 nitrogen and oxygen atoms in total. The number of nitrogens with zero attached hydrogens (tertiary/aromatic N) is 2. The first-order valence-electron chi connectivity index (χ1n) is 7.87. The van der Waals surface area contributed by atoms with Crippen LogP contribution in [0.4, 0.5) is 11.4 Å². The zero-order valence-electron chi connectivity index (χ0n) is 13.7. The fourth-order valence-electron chi connectivity index (χ4n) is 3.29. The lowest BCUT2D eigenvalue weighted by atomic mass is 9.89. The minimum atomic E-state index is -0.335. The highest BCUT2D eigenvalue weighted by Gasteiger charge is 2.30. The molecule has 2 heterocycles. The predicted octanol–water partition coefficient (Wildman–Crippen LogP) is 3.41. The van der Waals surface area contributed by atoms with Crippen LogP contribution in [0.3, 0.4) is 0 Å². The number of ether oxygens (including phenoxy) is 1. The molecule has 1 aromatic carbocycles. The first kappa shape index (κ1) is 15.3. The van der Waals surface area contributed by atoms with Gasteiger partial charge in [0.05, 0.1) is 35.3 Å². The number of hydrogen-bond acceptors (Lipinski definition) is 5. The molecule has 0 radical (unpaired) electrons. The second-order valence-corrected chi connectivity index (χ2v) is 5.66. The highest BCUT2D eigenvalue weighted by atomic mass is 16.5. The average molecular weight is 311 g/mol. The van der Waals surface area contributed by atoms with Gasteiger partial charge in [0.15, 0.2) is 0 Å². The van der Waals surface area contributed by atoms with Crippen LogP contribution in [-0.4, -0.2) is 24.6 Å². The SMILES string of the molecule is CCOC(=O)c1cnc2c(c1)C(CC)N(C)c1c(N)cccc1-2. The van der Waals surface area contributed by atoms with Gasteiger partial charge < -0.3 is 15.4 Å². The average Bonchev–Trinajstić information content (AvgIpc) is 2.55. The fraction of sp³-hybridized carbons (Fsp3) is 0.333. The van der Waals surface area contributed by atoms with E-state index >= 15 is 0 Å². The summed E-state index contributed by atoms with van der Waals surface area (Å²) in [6.45, 7) is 4.27. The van der Waals surface area contributed by atoms with Crippen molar-refractivity contribution in [3.63, 3.8) is 0 Å². The maximum Gasteiger partial charge on any atom is 0.339 e. The molecule has 5 heteroatoms. The maximum absolute atomic E-state index is 12.0. The minimum Gasteiger partial charge on any atom is -0.462 e. The summed E-state index contributed by atoms with van der Waals surface area (Å²) < 4.78 is 5.09. The van der Waals surface area contributed by atoms with E-state index in [1.54, 1.807) is 13.1 Å². The lowest BCUT2D eigenvalue weighted by Gasteiger charge is -2.37. The molecule has 1 unspecified atom stereocenters. The van der Waals surface area contributed by atoms with E-state index in [4.69, 9.17) is 10.5 Å². The van der Waals surface area contributed by atoms with Gasteiger partial charge in [0.1, 0.15) is 0 Å². The largest absolute Gasteiger partial charge is 0.462 e. The number of carbonyl (C=O) groups excluding carboxylic acids is 1. The highest BCUT2D eigenvalue weighted by Crippen LogP contribution is 2.46. The molecule has 0 aliphatic carbocycles. The van der Waals surface area contributed by atoms with Crippen LogP contribution in [0.5, 0.6) is 0 Å². The molecular weight excluding hydrogens is 290 g/mol. The van der Waals surface area contributed by atoms with Crippen molar-refractivity contribution >= 4 is 17.3 Å². The minimum absolute atomic E-state index is 0.129. The molecular formula is C18H21N3O2. The molecule has 0 saturated heterocycles. The quantitative estimate of drug-likeness (QED) is 0.695. The van der Waals surface area contributed by atoms with Crippen molar-refractivity contribution < 1.29 is 9.53 Å². The van der Waals surface area contributed by atoms with Gasteiger partial charge in [-0.05, 0) is 25.5 Å². The van der Waals surface area contributed by atoms with Crippen LogP contribution in [0.1, 0.15) is 42.2 Å². The summed E-state index contributed by atoms with van der Waals surface area (Å²) in [4.78, 5) is 18.7. The second kappa shape index (κ2) is 5.91. The summed E-state index contributed by atoms with van der Waals surface area (Å²) in [5.74, 6) is -0.335. The number of esters is 1. The van der Waals surface area contributed by atoms with Crippen LogP contribution in [0.2, 0.25) is 0 Å². The Morgan fingerprint density at radius 2 is 2.17 bits per heavy atom. The Kier molecular flexibility index (Phi) is 3.94. The van der Waals surface area contributed by atoms with E-state index in [2.05, 4.69) is 16.8 Å². The molecule has 0 spiro atoms. The zero-order chi connectivity index (χ0) is 16.6. The van der Waals surface area contributed by atoms with Crippen LogP contribution >= 0.6 is 0 Å². The molecule has 23 heavy (non-hydrogen) atoms. The van der Waals surface area contributed by atoms with Crippen molar-refractivity contribution in [2.75, 3.05) is 24.3 Å². The Morgan fingerprint density at radius 3 is 2.87 bits per heavy atom. The number of para-hydroxylation sites is 1. The van der Waals surface area contributed by atoms with Crippen LogP contribution in [0.25, 0.3) is 11.3 Å². The number of hydrogen-bond donors (Lipinski definition) is 1. The molecule has 0 amide bonds. The number of pyridine rings is 1. The van der Waals surface area contributed by atoms with Gasteiger partial charge in [0.2, 0.25) is 0 Å². The van der Waals surface area contributed by atoms with E-state index in [-0.39, 0.29) is 12.0 Å². The first-order chi connectivity index (χ1) is 11.1. The van der Waals surface area contributed by atoms with Gasteiger partial charge >= 0.3 is 5.97 Å². The van der Waals surface area contributed by atoms with Gasteiger partial charge in [-0.1, -0.05) is 19.1 Å². The first-order valence-corrected chi connectivity index (χ1v) is 7.87. The molecule has 0 saturated carbocycles. The molecule has 2 aromatic rings. The van der Waals surface area contributed by atoms with Crippen molar-refractivity contribution in [1.29, 1.82) is 0 Å². The summed E-state index contributed by atoms with van der Waals surface area (Å²) >= 11 is 0. The van der Waals surface area contributed by atoms with Crippen LogP contribution < -0.4 is 10.6 Å². The number of nitrogen functional groups attached to an aromatic ring is 1. The molecule has 0 bridgehead atoms. The van der Waals surface area contributed by atoms with E-state index in [9.17, 15) is 4.79 Å². The third-order valence-electron chi connectivity index (χ3n) is 4.32. The Morgan fingerprint density at radius 1 is 1.39 bits per heavy atom. The number of nitrogens with two attached hydrogens (primary N) is 1. The molecule has 1 aliphatic heterocycles. The fourth-order valence-corrected chi connectivity index (χ4v) is 3.29. The molecule has 1 aromatic heterocycles. The summed E-state index contributed by atoms with van der Waals surface area (Å²) in [5.41, 5.74) is 11.4. The lowest BCUT2D eigenvalue weighted by molar-refractivity contribution is 0.0525. The van der Waals surface area contributed by atoms with Crippen molar-refractivity contribution in [2.45, 2.75) is 26.3 Å². The van der Waals surface area contributed by atoms with Crippen molar-refractivity contribution in [3.05, 3.63) is 41.6 Å². The number of aromatic nitrogens is 1. The van der Waals surface area contributed by atoms with Crippen LogP contribution in [-0.2, 0) is 4.74 Å². The molecule has 1 atom stereocenters. The second-order valence-electron chi connectivity index (χ2n) is 5.66. The normalized spacial score (nSPS) is 15.8. The van der Waals surface area contributed by atoms with E-state index in [1.165, 1.54) is 0 Å². The Balaban J connectivity index is 2.19. The predicted molar refractivity (Wildman–Crippen MR) is 91.5 cm³/mol. The van der Waals surface area contributed by atoms with Gasteiger partial charge in [-0.3, -0.25) is 4.98 Å². The molecule has 2 N–H and O–H groups in total. The molecule has 1 aliphatic rings. The Hall–Kier alpha value is -2.56. The van der Waals surface area contributed by atoms with Crippen LogP contribution in [0.15, 0.2) is 30.5 Å². The van der Waals surface area contributed by atoms with Gasteiger partial charge in [-0.15, -0.1) is 0 Å². The van der Waals surface area contributed by atoms with E-state index in [1.807, 2.05) is 31.3 Å². The monoisotopic (exact) mass is 311 g/mol. The third kappa shape index (κ3) is 2.42. The van der Waals surface area contributed by atoms with Crippen LogP contribution in [0, 0.1) is 0 Å². The number of carbonyl (C=O) groups is 1. The van der Waals surface area contributed by atoms with Crippen molar-refractivity contribution in [3.8, 4) is 11.3 Å². The van der Waals surface area contributed by atoms with Gasteiger partial charge in [-0.25, -0.2) is 4.79 Å². The number of rotatable bonds is 3. The summed E-state index contributed by atoms with van der Waals surface area (Å²) in [6, 6.07) is 7.88. The number of anilines is 2. The summed E-state index contributed by atoms with van der Waals surface area (Å²) in [7, 11) is 2.03. The highest BCUT2D eigenvalue weighted by molar-refractivity contribution is 5.93. The summed E-state index contributed by atoms with van der Waals surface area (Å²) in [6.07, 6.45) is 2.48.